The van der Waals surface area contributed by atoms with Crippen molar-refractivity contribution in [2.45, 2.75) is 19.6 Å². The van der Waals surface area contributed by atoms with E-state index in [9.17, 15) is 4.79 Å². The molecule has 0 saturated carbocycles. The molecular weight excluding hydrogens is 316 g/mol. The molecule has 1 aliphatic rings. The lowest BCUT2D eigenvalue weighted by Gasteiger charge is -2.30. The van der Waals surface area contributed by atoms with Gasteiger partial charge in [-0.05, 0) is 30.7 Å². The lowest BCUT2D eigenvalue weighted by atomic mass is 10.1. The van der Waals surface area contributed by atoms with E-state index < -0.39 is 6.10 Å². The fraction of sp³-hybridized carbons (Fsp3) is 0.350. The summed E-state index contributed by atoms with van der Waals surface area (Å²) in [4.78, 5) is 14.6. The fourth-order valence-corrected chi connectivity index (χ4v) is 2.86. The molecule has 3 rings (SSSR count). The highest BCUT2D eigenvalue weighted by molar-refractivity contribution is 5.80. The van der Waals surface area contributed by atoms with Gasteiger partial charge in [0.15, 0.2) is 6.10 Å². The van der Waals surface area contributed by atoms with E-state index in [1.54, 1.807) is 6.92 Å². The number of rotatable bonds is 6. The lowest BCUT2D eigenvalue weighted by molar-refractivity contribution is -0.127. The molecule has 5 heteroatoms. The van der Waals surface area contributed by atoms with Crippen LogP contribution >= 0.6 is 0 Å². The second-order valence-electron chi connectivity index (χ2n) is 6.02. The number of anilines is 1. The molecule has 0 unspecified atom stereocenters. The Bertz CT molecular complexity index is 684. The Morgan fingerprint density at radius 3 is 2.56 bits per heavy atom. The largest absolute Gasteiger partial charge is 0.481 e. The van der Waals surface area contributed by atoms with Crippen LogP contribution in [0.1, 0.15) is 12.5 Å². The second-order valence-corrected chi connectivity index (χ2v) is 6.02. The van der Waals surface area contributed by atoms with Crippen LogP contribution in [-0.2, 0) is 16.1 Å². The van der Waals surface area contributed by atoms with Gasteiger partial charge in [-0.15, -0.1) is 0 Å². The van der Waals surface area contributed by atoms with Crippen molar-refractivity contribution in [3.05, 3.63) is 60.2 Å². The third-order valence-electron chi connectivity index (χ3n) is 4.22. The summed E-state index contributed by atoms with van der Waals surface area (Å²) in [6.45, 7) is 5.47. The van der Waals surface area contributed by atoms with Crippen LogP contribution in [0.5, 0.6) is 5.75 Å². The number of para-hydroxylation sites is 2. The summed E-state index contributed by atoms with van der Waals surface area (Å²) in [7, 11) is 0. The average Bonchev–Trinajstić information content (AvgIpc) is 2.68. The van der Waals surface area contributed by atoms with Crippen molar-refractivity contribution in [3.8, 4) is 5.75 Å². The van der Waals surface area contributed by atoms with Gasteiger partial charge in [-0.25, -0.2) is 0 Å². The SMILES string of the molecule is C[C@H](Oc1ccccc1)C(=O)NCc1ccccc1N1CCOCC1. The summed E-state index contributed by atoms with van der Waals surface area (Å²) in [5, 5.41) is 2.98. The third-order valence-corrected chi connectivity index (χ3v) is 4.22. The van der Waals surface area contributed by atoms with Gasteiger partial charge in [-0.1, -0.05) is 36.4 Å². The number of hydrogen-bond donors (Lipinski definition) is 1. The maximum absolute atomic E-state index is 12.3. The second kappa shape index (κ2) is 8.53. The Morgan fingerprint density at radius 2 is 1.80 bits per heavy atom. The number of nitrogens with zero attached hydrogens (tertiary/aromatic N) is 1. The number of benzene rings is 2. The van der Waals surface area contributed by atoms with E-state index >= 15 is 0 Å². The summed E-state index contributed by atoms with van der Waals surface area (Å²) in [5.74, 6) is 0.569. The van der Waals surface area contributed by atoms with E-state index in [1.807, 2.05) is 48.5 Å². The van der Waals surface area contributed by atoms with Crippen molar-refractivity contribution in [2.24, 2.45) is 0 Å². The molecule has 0 radical (unpaired) electrons. The first-order valence-corrected chi connectivity index (χ1v) is 8.64. The van der Waals surface area contributed by atoms with Crippen LogP contribution in [0.3, 0.4) is 0 Å². The van der Waals surface area contributed by atoms with Gasteiger partial charge in [0.2, 0.25) is 0 Å². The Hall–Kier alpha value is -2.53. The Labute approximate surface area is 148 Å². The smallest absolute Gasteiger partial charge is 0.261 e. The van der Waals surface area contributed by atoms with Gasteiger partial charge in [-0.3, -0.25) is 4.79 Å². The highest BCUT2D eigenvalue weighted by atomic mass is 16.5. The Kier molecular flexibility index (Phi) is 5.90. The molecule has 1 saturated heterocycles. The summed E-state index contributed by atoms with van der Waals surface area (Å²) in [6, 6.07) is 17.5. The Morgan fingerprint density at radius 1 is 1.12 bits per heavy atom. The molecule has 1 heterocycles. The Balaban J connectivity index is 1.58. The molecule has 0 spiro atoms. The van der Waals surface area contributed by atoms with E-state index in [2.05, 4.69) is 16.3 Å². The molecule has 0 aliphatic carbocycles. The predicted octanol–water partition coefficient (Wildman–Crippen LogP) is 2.61. The van der Waals surface area contributed by atoms with Crippen molar-refractivity contribution in [2.75, 3.05) is 31.2 Å². The van der Waals surface area contributed by atoms with Crippen molar-refractivity contribution in [3.63, 3.8) is 0 Å². The van der Waals surface area contributed by atoms with E-state index in [-0.39, 0.29) is 5.91 Å². The normalized spacial score (nSPS) is 15.5. The van der Waals surface area contributed by atoms with Gasteiger partial charge in [0.1, 0.15) is 5.75 Å². The molecule has 0 bridgehead atoms. The summed E-state index contributed by atoms with van der Waals surface area (Å²) < 4.78 is 11.1. The number of nitrogens with one attached hydrogen (secondary N) is 1. The van der Waals surface area contributed by atoms with Crippen molar-refractivity contribution >= 4 is 11.6 Å². The number of ether oxygens (including phenoxy) is 2. The van der Waals surface area contributed by atoms with Crippen LogP contribution in [0.2, 0.25) is 0 Å². The van der Waals surface area contributed by atoms with Crippen LogP contribution < -0.4 is 15.0 Å². The molecule has 25 heavy (non-hydrogen) atoms. The molecule has 1 N–H and O–H groups in total. The average molecular weight is 340 g/mol. The first-order valence-electron chi connectivity index (χ1n) is 8.64. The van der Waals surface area contributed by atoms with Gasteiger partial charge in [-0.2, -0.15) is 0 Å². The zero-order valence-electron chi connectivity index (χ0n) is 14.5. The lowest BCUT2D eigenvalue weighted by Crippen LogP contribution is -2.38. The zero-order valence-corrected chi connectivity index (χ0v) is 14.5. The van der Waals surface area contributed by atoms with Crippen LogP contribution in [-0.4, -0.2) is 38.3 Å². The number of carbonyl (C=O) groups excluding carboxylic acids is 1. The van der Waals surface area contributed by atoms with Crippen molar-refractivity contribution in [1.82, 2.24) is 5.32 Å². The predicted molar refractivity (Wildman–Crippen MR) is 97.9 cm³/mol. The molecule has 2 aromatic rings. The number of amides is 1. The maximum Gasteiger partial charge on any atom is 0.261 e. The summed E-state index contributed by atoms with van der Waals surface area (Å²) in [6.07, 6.45) is -0.544. The number of morpholine rings is 1. The van der Waals surface area contributed by atoms with E-state index in [1.165, 1.54) is 0 Å². The molecule has 5 nitrogen and oxygen atoms in total. The van der Waals surface area contributed by atoms with Crippen LogP contribution in [0, 0.1) is 0 Å². The van der Waals surface area contributed by atoms with Gasteiger partial charge in [0, 0.05) is 25.3 Å². The molecule has 1 atom stereocenters. The highest BCUT2D eigenvalue weighted by Crippen LogP contribution is 2.21. The molecule has 132 valence electrons. The minimum atomic E-state index is -0.544. The quantitative estimate of drug-likeness (QED) is 0.878. The monoisotopic (exact) mass is 340 g/mol. The standard InChI is InChI=1S/C20H24N2O3/c1-16(25-18-8-3-2-4-9-18)20(23)21-15-17-7-5-6-10-19(17)22-11-13-24-14-12-22/h2-10,16H,11-15H2,1H3,(H,21,23)/t16-/m0/s1. The molecular formula is C20H24N2O3. The number of carbonyl (C=O) groups is 1. The zero-order chi connectivity index (χ0) is 17.5. The van der Waals surface area contributed by atoms with Crippen molar-refractivity contribution in [1.29, 1.82) is 0 Å². The van der Waals surface area contributed by atoms with E-state index in [4.69, 9.17) is 9.47 Å². The topological polar surface area (TPSA) is 50.8 Å². The van der Waals surface area contributed by atoms with E-state index in [0.717, 1.165) is 37.6 Å². The molecule has 0 aromatic heterocycles. The minimum absolute atomic E-state index is 0.124. The molecule has 1 amide bonds. The van der Waals surface area contributed by atoms with Gasteiger partial charge in [0.25, 0.3) is 5.91 Å². The molecule has 1 fully saturated rings. The van der Waals surface area contributed by atoms with Crippen LogP contribution in [0.15, 0.2) is 54.6 Å². The third kappa shape index (κ3) is 4.73. The van der Waals surface area contributed by atoms with E-state index in [0.29, 0.717) is 12.3 Å². The summed E-state index contributed by atoms with van der Waals surface area (Å²) in [5.41, 5.74) is 2.26. The first kappa shape index (κ1) is 17.3. The highest BCUT2D eigenvalue weighted by Gasteiger charge is 2.17. The van der Waals surface area contributed by atoms with Gasteiger partial charge >= 0.3 is 0 Å². The fourth-order valence-electron chi connectivity index (χ4n) is 2.86. The molecule has 2 aromatic carbocycles. The first-order chi connectivity index (χ1) is 12.2. The maximum atomic E-state index is 12.3. The van der Waals surface area contributed by atoms with Gasteiger partial charge < -0.3 is 19.7 Å². The van der Waals surface area contributed by atoms with Crippen LogP contribution in [0.4, 0.5) is 5.69 Å². The number of hydrogen-bond acceptors (Lipinski definition) is 4. The minimum Gasteiger partial charge on any atom is -0.481 e. The van der Waals surface area contributed by atoms with Crippen LogP contribution in [0.25, 0.3) is 0 Å². The summed E-state index contributed by atoms with van der Waals surface area (Å²) >= 11 is 0. The van der Waals surface area contributed by atoms with Gasteiger partial charge in [0.05, 0.1) is 13.2 Å². The van der Waals surface area contributed by atoms with Crippen molar-refractivity contribution < 1.29 is 14.3 Å². The molecule has 1 aliphatic heterocycles.